The third-order valence-corrected chi connectivity index (χ3v) is 3.43. The Bertz CT molecular complexity index is 927. The number of carbonyl (C=O) groups is 6. The second kappa shape index (κ2) is 91.9. The molecule has 0 heterocycles. The maximum atomic E-state index is 10.3. The second-order valence-electron chi connectivity index (χ2n) is 10.4. The summed E-state index contributed by atoms with van der Waals surface area (Å²) >= 11 is 0. The first-order valence-electron chi connectivity index (χ1n) is 17.4. The van der Waals surface area contributed by atoms with Gasteiger partial charge >= 0.3 is 0 Å². The number of terminal acetylenes is 2. The predicted molar refractivity (Wildman–Crippen MR) is 223 cm³/mol. The molecule has 3 amide bonds. The van der Waals surface area contributed by atoms with Crippen molar-refractivity contribution < 1.29 is 214 Å². The van der Waals surface area contributed by atoms with E-state index in [9.17, 15) is 19.2 Å². The van der Waals surface area contributed by atoms with Crippen LogP contribution in [0, 0.1) is 52.4 Å². The van der Waals surface area contributed by atoms with E-state index in [1.54, 1.807) is 34.6 Å². The summed E-state index contributed by atoms with van der Waals surface area (Å²) in [5.74, 6) is 1.42. The van der Waals surface area contributed by atoms with Crippen LogP contribution < -0.4 is 21.7 Å². The van der Waals surface area contributed by atoms with Crippen molar-refractivity contribution in [1.82, 2.24) is 16.0 Å². The number of nitrogens with two attached hydrogens (primary N) is 1. The van der Waals surface area contributed by atoms with Gasteiger partial charge in [-0.25, -0.2) is 0 Å². The average molecular weight is 1210 g/mol. The van der Waals surface area contributed by atoms with E-state index < -0.39 is 23.5 Å². The summed E-state index contributed by atoms with van der Waals surface area (Å²) in [7, 11) is 0. The Hall–Kier alpha value is -0.524. The minimum Gasteiger partial charge on any atom is -0.503 e. The Balaban J connectivity index is -0.0000000415. The number of rotatable bonds is 19. The summed E-state index contributed by atoms with van der Waals surface area (Å²) in [6.45, 7) is 28.3. The minimum absolute atomic E-state index is 0. The van der Waals surface area contributed by atoms with Crippen LogP contribution in [-0.2, 0) is 183 Å². The Morgan fingerprint density at radius 2 is 0.778 bits per heavy atom. The zero-order valence-corrected chi connectivity index (χ0v) is 49.7. The van der Waals surface area contributed by atoms with Gasteiger partial charge in [0.05, 0.1) is 85.2 Å². The molecule has 0 aliphatic carbocycles. The van der Waals surface area contributed by atoms with Crippen molar-refractivity contribution in [2.24, 2.45) is 5.73 Å². The molecule has 25 heteroatoms. The van der Waals surface area contributed by atoms with Crippen molar-refractivity contribution in [3.63, 3.8) is 0 Å². The largest absolute Gasteiger partial charge is 0.503 e. The van der Waals surface area contributed by atoms with Crippen LogP contribution in [0.4, 0.5) is 0 Å². The van der Waals surface area contributed by atoms with E-state index >= 15 is 0 Å². The number of esters is 1. The van der Waals surface area contributed by atoms with Crippen LogP contribution in [0.25, 0.3) is 0 Å². The fraction of sp³-hybridized carbons (Fsp3) is 0.632. The van der Waals surface area contributed by atoms with E-state index in [0.717, 1.165) is 0 Å². The molecule has 63 heavy (non-hydrogen) atoms. The van der Waals surface area contributed by atoms with E-state index in [4.69, 9.17) is 64.9 Å². The molecule has 0 saturated carbocycles. The van der Waals surface area contributed by atoms with Gasteiger partial charge in [0.25, 0.3) is 0 Å². The number of carbonyl (C=O) groups excluding carboxylic acids is 4. The van der Waals surface area contributed by atoms with Crippen molar-refractivity contribution >= 4 is 35.6 Å². The van der Waals surface area contributed by atoms with E-state index in [2.05, 4.69) is 73.1 Å². The number of nitrogens with one attached hydrogen (secondary N) is 3. The van der Waals surface area contributed by atoms with Crippen molar-refractivity contribution in [3.05, 3.63) is 27.7 Å². The van der Waals surface area contributed by atoms with Crippen molar-refractivity contribution in [1.29, 1.82) is 0 Å². The first-order valence-corrected chi connectivity index (χ1v) is 17.4. The molecule has 364 valence electrons. The Morgan fingerprint density at radius 3 is 0.921 bits per heavy atom. The van der Waals surface area contributed by atoms with Gasteiger partial charge in [0, 0.05) is 171 Å². The number of aliphatic hydroxyl groups is 4. The molecule has 21 nitrogen and oxygen atoms in total. The van der Waals surface area contributed by atoms with Crippen molar-refractivity contribution in [2.75, 3.05) is 105 Å². The third-order valence-electron chi connectivity index (χ3n) is 3.43. The molecular weight excluding hydrogens is 1140 g/mol. The Labute approximate surface area is 477 Å². The van der Waals surface area contributed by atoms with E-state index in [-0.39, 0.29) is 175 Å². The van der Waals surface area contributed by atoms with Crippen molar-refractivity contribution in [2.45, 2.75) is 54.1 Å². The zero-order chi connectivity index (χ0) is 48.3. The average Bonchev–Trinajstić information content (AvgIpc) is 3.08. The maximum absolute atomic E-state index is 10.3. The Morgan fingerprint density at radius 1 is 0.556 bits per heavy atom. The van der Waals surface area contributed by atoms with E-state index in [0.29, 0.717) is 79.0 Å². The SMILES string of the molecule is C#CC.C#CC.CC(=O)NCCOCCO.CC(=O)NCCOCCO.NCCOCCO.[CH2-]C(=O)NCCOCCO.[CH2-]C(=O)O.[CH2-]C(=O)O.[CH2-]C(=O)OC(C)(C)C.[Y].[Y].[Y].[Y]. The summed E-state index contributed by atoms with van der Waals surface area (Å²) < 4.78 is 24.0. The molecule has 11 N–H and O–H groups in total. The molecule has 0 aromatic carbocycles. The Kier molecular flexibility index (Phi) is 141. The number of ether oxygens (including phenoxy) is 5. The van der Waals surface area contributed by atoms with Gasteiger partial charge in [-0.05, 0) is 34.6 Å². The topological polar surface area (TPSA) is 332 Å². The van der Waals surface area contributed by atoms with Crippen LogP contribution in [0.2, 0.25) is 0 Å². The van der Waals surface area contributed by atoms with Crippen LogP contribution in [0.3, 0.4) is 0 Å². The van der Waals surface area contributed by atoms with Gasteiger partial charge in [0.1, 0.15) is 5.60 Å². The molecule has 0 aromatic rings. The maximum Gasteiger partial charge on any atom is 0.216 e. The summed E-state index contributed by atoms with van der Waals surface area (Å²) in [6, 6.07) is 0. The molecule has 0 bridgehead atoms. The molecule has 0 saturated heterocycles. The molecule has 0 aliphatic rings. The van der Waals surface area contributed by atoms with Crippen LogP contribution in [0.1, 0.15) is 48.5 Å². The fourth-order valence-electron chi connectivity index (χ4n) is 1.95. The second-order valence-corrected chi connectivity index (χ2v) is 10.4. The van der Waals surface area contributed by atoms with Gasteiger partial charge in [0.2, 0.25) is 11.8 Å². The van der Waals surface area contributed by atoms with Gasteiger partial charge in [-0.15, -0.1) is 24.7 Å². The molecule has 0 aliphatic heterocycles. The number of carboxylic acids is 2. The number of amides is 3. The molecule has 0 rings (SSSR count). The van der Waals surface area contributed by atoms with Crippen LogP contribution in [0.15, 0.2) is 0 Å². The summed E-state index contributed by atoms with van der Waals surface area (Å²) in [5, 5.41) is 55.1. The van der Waals surface area contributed by atoms with Gasteiger partial charge in [-0.3, -0.25) is 44.7 Å². The van der Waals surface area contributed by atoms with Crippen molar-refractivity contribution in [3.8, 4) is 24.7 Å². The zero-order valence-electron chi connectivity index (χ0n) is 38.4. The number of aliphatic hydroxyl groups excluding tert-OH is 4. The van der Waals surface area contributed by atoms with Gasteiger partial charge in [0.15, 0.2) is 17.9 Å². The number of hydrogen-bond donors (Lipinski definition) is 10. The molecule has 0 fully saturated rings. The molecular formula is C38H74N4O17Y4-4. The molecule has 0 spiro atoms. The number of carboxylic acid groups (broad SMARTS) is 2. The molecule has 0 atom stereocenters. The van der Waals surface area contributed by atoms with Crippen LogP contribution >= 0.6 is 0 Å². The third kappa shape index (κ3) is 250. The normalized spacial score (nSPS) is 7.90. The summed E-state index contributed by atoms with van der Waals surface area (Å²) in [4.78, 5) is 58.6. The molecule has 0 unspecified atom stereocenters. The van der Waals surface area contributed by atoms with Gasteiger partial charge in [-0.2, -0.15) is 0 Å². The fourth-order valence-corrected chi connectivity index (χ4v) is 1.95. The van der Waals surface area contributed by atoms with E-state index in [1.165, 1.54) is 13.8 Å². The summed E-state index contributed by atoms with van der Waals surface area (Å²) in [6.07, 6.45) is 9.19. The van der Waals surface area contributed by atoms with Crippen LogP contribution in [-0.4, -0.2) is 177 Å². The van der Waals surface area contributed by atoms with Crippen LogP contribution in [0.5, 0.6) is 0 Å². The number of hydrogen-bond acceptors (Lipinski definition) is 16. The van der Waals surface area contributed by atoms with Gasteiger partial charge < -0.3 is 87.7 Å². The first kappa shape index (κ1) is 96.5. The molecule has 0 aromatic heterocycles. The monoisotopic (exact) mass is 1210 g/mol. The molecule has 4 radical (unpaired) electrons. The predicted octanol–water partition coefficient (Wildman–Crippen LogP) is -1.60. The standard InChI is InChI=1S/2C6H13NO3.C6H12NO3.C6H11O2.C4H11NO2.2C3H4.2C2H3O2.4Y/c3*1-6(9)7-2-4-10-5-3-8;1-5(7)8-6(2,3)4;5-1-3-7-4-2-6;2*1-3-2;2*1-2(3)4;;;;/h2*8H,2-5H2,1H3,(H,7,9);8H,1-5H2,(H,7,9);1H2,2-4H3;6H,1-5H2;2*1H,2H3;2*1H2,(H,3,4);;;;/q;;2*-1;;;;2*-1;;;;. The summed E-state index contributed by atoms with van der Waals surface area (Å²) in [5.41, 5.74) is 4.67. The van der Waals surface area contributed by atoms with E-state index in [1.807, 2.05) is 0 Å². The van der Waals surface area contributed by atoms with Gasteiger partial charge in [-0.1, -0.05) is 0 Å². The quantitative estimate of drug-likeness (QED) is 0.0302. The smallest absolute Gasteiger partial charge is 0.216 e. The first-order chi connectivity index (χ1) is 27.4. The number of aliphatic carboxylic acids is 2. The minimum atomic E-state index is -1.08.